The van der Waals surface area contributed by atoms with Crippen LogP contribution in [0.2, 0.25) is 0 Å². The molecular formula is C21H23FN4O6. The van der Waals surface area contributed by atoms with Crippen LogP contribution in [0.1, 0.15) is 34.7 Å². The zero-order valence-corrected chi connectivity index (χ0v) is 17.4. The van der Waals surface area contributed by atoms with Gasteiger partial charge in [0.05, 0.1) is 7.11 Å². The summed E-state index contributed by atoms with van der Waals surface area (Å²) in [6, 6.07) is 5.54. The van der Waals surface area contributed by atoms with Gasteiger partial charge in [-0.1, -0.05) is 12.1 Å². The number of carbonyl (C=O) groups is 3. The molecule has 0 bridgehead atoms. The highest BCUT2D eigenvalue weighted by atomic mass is 19.1. The first-order valence-electron chi connectivity index (χ1n) is 10.0. The minimum absolute atomic E-state index is 0.0393. The largest absolute Gasteiger partial charge is 0.501 e. The van der Waals surface area contributed by atoms with Gasteiger partial charge in [0.2, 0.25) is 5.75 Å². The molecule has 170 valence electrons. The molecule has 0 saturated heterocycles. The normalized spacial score (nSPS) is 15.2. The average molecular weight is 446 g/mol. The Morgan fingerprint density at radius 3 is 2.62 bits per heavy atom. The van der Waals surface area contributed by atoms with Crippen LogP contribution < -0.4 is 16.2 Å². The summed E-state index contributed by atoms with van der Waals surface area (Å²) in [6.07, 6.45) is 1.40. The van der Waals surface area contributed by atoms with E-state index in [1.54, 1.807) is 0 Å². The summed E-state index contributed by atoms with van der Waals surface area (Å²) in [5.74, 6) is -3.39. The molecule has 1 aliphatic rings. The SMILES string of the molecule is COC(=O)C(=O)NCC1CCc2nc(C(=O)NCc3ccc(F)cc3)c(O)c(=O)n2CC1. The molecule has 10 nitrogen and oxygen atoms in total. The fourth-order valence-electron chi connectivity index (χ4n) is 3.43. The van der Waals surface area contributed by atoms with Gasteiger partial charge < -0.3 is 20.5 Å². The summed E-state index contributed by atoms with van der Waals surface area (Å²) in [7, 11) is 1.11. The van der Waals surface area contributed by atoms with E-state index in [9.17, 15) is 28.7 Å². The second kappa shape index (κ2) is 10.0. The summed E-state index contributed by atoms with van der Waals surface area (Å²) < 4.78 is 18.7. The third-order valence-electron chi connectivity index (χ3n) is 5.27. The zero-order valence-electron chi connectivity index (χ0n) is 17.4. The number of nitrogens with zero attached hydrogens (tertiary/aromatic N) is 2. The lowest BCUT2D eigenvalue weighted by atomic mass is 10.0. The Labute approximate surface area is 182 Å². The Bertz CT molecular complexity index is 1080. The van der Waals surface area contributed by atoms with Gasteiger partial charge in [-0.3, -0.25) is 19.0 Å². The predicted molar refractivity (Wildman–Crippen MR) is 109 cm³/mol. The number of esters is 1. The van der Waals surface area contributed by atoms with E-state index in [1.807, 2.05) is 0 Å². The van der Waals surface area contributed by atoms with E-state index < -0.39 is 34.9 Å². The molecule has 32 heavy (non-hydrogen) atoms. The number of carbonyl (C=O) groups excluding carboxylic acids is 3. The van der Waals surface area contributed by atoms with Crippen molar-refractivity contribution in [1.82, 2.24) is 20.2 Å². The first-order chi connectivity index (χ1) is 15.3. The zero-order chi connectivity index (χ0) is 23.3. The molecule has 3 N–H and O–H groups in total. The first-order valence-corrected chi connectivity index (χ1v) is 10.0. The lowest BCUT2D eigenvalue weighted by Gasteiger charge is -2.13. The maximum atomic E-state index is 13.0. The van der Waals surface area contributed by atoms with Crippen LogP contribution in [0, 0.1) is 11.7 Å². The number of nitrogens with one attached hydrogen (secondary N) is 2. The number of ether oxygens (including phenoxy) is 1. The van der Waals surface area contributed by atoms with Crippen LogP contribution in [-0.2, 0) is 33.8 Å². The molecule has 2 heterocycles. The fraction of sp³-hybridized carbons (Fsp3) is 0.381. The van der Waals surface area contributed by atoms with Crippen LogP contribution in [-0.4, -0.2) is 46.1 Å². The molecule has 0 radical (unpaired) electrons. The molecule has 2 aromatic rings. The Kier molecular flexibility index (Phi) is 7.18. The number of benzene rings is 1. The summed E-state index contributed by atoms with van der Waals surface area (Å²) in [6.45, 7) is 0.527. The van der Waals surface area contributed by atoms with Gasteiger partial charge >= 0.3 is 11.9 Å². The third kappa shape index (κ3) is 5.29. The molecule has 3 rings (SSSR count). The molecule has 11 heteroatoms. The highest BCUT2D eigenvalue weighted by Gasteiger charge is 2.25. The number of aryl methyl sites for hydroxylation is 1. The molecule has 1 atom stereocenters. The molecule has 2 amide bonds. The van der Waals surface area contributed by atoms with Crippen molar-refractivity contribution in [2.75, 3.05) is 13.7 Å². The van der Waals surface area contributed by atoms with Gasteiger partial charge in [-0.25, -0.2) is 14.2 Å². The van der Waals surface area contributed by atoms with Crippen LogP contribution in [0.4, 0.5) is 4.39 Å². The van der Waals surface area contributed by atoms with E-state index in [-0.39, 0.29) is 31.2 Å². The van der Waals surface area contributed by atoms with E-state index in [4.69, 9.17) is 0 Å². The number of halogens is 1. The van der Waals surface area contributed by atoms with E-state index >= 15 is 0 Å². The summed E-state index contributed by atoms with van der Waals surface area (Å²) >= 11 is 0. The van der Waals surface area contributed by atoms with Crippen LogP contribution in [0.15, 0.2) is 29.1 Å². The van der Waals surface area contributed by atoms with Gasteiger partial charge in [0, 0.05) is 26.1 Å². The van der Waals surface area contributed by atoms with E-state index in [0.717, 1.165) is 7.11 Å². The number of methoxy groups -OCH3 is 1. The number of hydrogen-bond donors (Lipinski definition) is 3. The van der Waals surface area contributed by atoms with Crippen molar-refractivity contribution in [3.05, 3.63) is 57.5 Å². The molecule has 1 aromatic heterocycles. The molecular weight excluding hydrogens is 423 g/mol. The van der Waals surface area contributed by atoms with Gasteiger partial charge in [-0.2, -0.15) is 0 Å². The molecule has 1 aromatic carbocycles. The molecule has 0 aliphatic carbocycles. The number of amides is 2. The monoisotopic (exact) mass is 446 g/mol. The minimum atomic E-state index is -0.985. The molecule has 1 unspecified atom stereocenters. The van der Waals surface area contributed by atoms with Crippen molar-refractivity contribution in [3.63, 3.8) is 0 Å². The average Bonchev–Trinajstić information content (AvgIpc) is 3.01. The summed E-state index contributed by atoms with van der Waals surface area (Å²) in [5, 5.41) is 15.3. The number of fused-ring (bicyclic) bond motifs is 1. The maximum Gasteiger partial charge on any atom is 0.396 e. The van der Waals surface area contributed by atoms with Crippen molar-refractivity contribution in [1.29, 1.82) is 0 Å². The molecule has 1 aliphatic heterocycles. The Balaban J connectivity index is 1.68. The van der Waals surface area contributed by atoms with Crippen LogP contribution in [0.3, 0.4) is 0 Å². The van der Waals surface area contributed by atoms with Crippen molar-refractivity contribution >= 4 is 17.8 Å². The van der Waals surface area contributed by atoms with Crippen molar-refractivity contribution in [2.45, 2.75) is 32.4 Å². The Hall–Kier alpha value is -3.76. The second-order valence-electron chi connectivity index (χ2n) is 7.39. The van der Waals surface area contributed by atoms with Crippen molar-refractivity contribution in [2.24, 2.45) is 5.92 Å². The van der Waals surface area contributed by atoms with E-state index in [2.05, 4.69) is 20.4 Å². The highest BCUT2D eigenvalue weighted by molar-refractivity contribution is 6.32. The maximum absolute atomic E-state index is 13.0. The predicted octanol–water partition coefficient (Wildman–Crippen LogP) is 0.260. The first kappa shape index (κ1) is 22.9. The van der Waals surface area contributed by atoms with Crippen molar-refractivity contribution in [3.8, 4) is 5.75 Å². The van der Waals surface area contributed by atoms with Gasteiger partial charge in [0.25, 0.3) is 11.5 Å². The van der Waals surface area contributed by atoms with E-state index in [1.165, 1.54) is 28.8 Å². The molecule has 0 fully saturated rings. The van der Waals surface area contributed by atoms with Crippen LogP contribution in [0.25, 0.3) is 0 Å². The van der Waals surface area contributed by atoms with Crippen LogP contribution in [0.5, 0.6) is 5.75 Å². The summed E-state index contributed by atoms with van der Waals surface area (Å²) in [4.78, 5) is 52.1. The minimum Gasteiger partial charge on any atom is -0.501 e. The Morgan fingerprint density at radius 2 is 1.94 bits per heavy atom. The topological polar surface area (TPSA) is 140 Å². The number of aromatic nitrogens is 2. The number of rotatable bonds is 5. The highest BCUT2D eigenvalue weighted by Crippen LogP contribution is 2.20. The lowest BCUT2D eigenvalue weighted by Crippen LogP contribution is -2.35. The van der Waals surface area contributed by atoms with Gasteiger partial charge in [0.15, 0.2) is 5.69 Å². The second-order valence-corrected chi connectivity index (χ2v) is 7.39. The quantitative estimate of drug-likeness (QED) is 0.442. The smallest absolute Gasteiger partial charge is 0.396 e. The third-order valence-corrected chi connectivity index (χ3v) is 5.27. The lowest BCUT2D eigenvalue weighted by molar-refractivity contribution is -0.152. The van der Waals surface area contributed by atoms with Crippen molar-refractivity contribution < 1.29 is 28.6 Å². The van der Waals surface area contributed by atoms with Gasteiger partial charge in [-0.05, 0) is 36.5 Å². The van der Waals surface area contributed by atoms with E-state index in [0.29, 0.717) is 30.7 Å². The van der Waals surface area contributed by atoms with Gasteiger partial charge in [-0.15, -0.1) is 0 Å². The standard InChI is InChI=1S/C21H23FN4O6/c1-32-21(31)19(29)24-11-13-4-7-15-25-16(17(27)20(30)26(15)9-8-13)18(28)23-10-12-2-5-14(22)6-3-12/h2-3,5-6,13,27H,4,7-11H2,1H3,(H,23,28)(H,24,29). The number of aromatic hydroxyl groups is 1. The molecule has 0 saturated carbocycles. The fourth-order valence-corrected chi connectivity index (χ4v) is 3.43. The number of hydrogen-bond acceptors (Lipinski definition) is 7. The van der Waals surface area contributed by atoms with Gasteiger partial charge in [0.1, 0.15) is 11.6 Å². The van der Waals surface area contributed by atoms with Crippen LogP contribution >= 0.6 is 0 Å². The summed E-state index contributed by atoms with van der Waals surface area (Å²) in [5.41, 5.74) is -0.454. The Morgan fingerprint density at radius 1 is 1.22 bits per heavy atom. The molecule has 0 spiro atoms.